The van der Waals surface area contributed by atoms with Gasteiger partial charge in [0.05, 0.1) is 17.4 Å². The van der Waals surface area contributed by atoms with Gasteiger partial charge in [-0.25, -0.2) is 9.97 Å². The Kier molecular flexibility index (Phi) is 4.38. The molecule has 0 aliphatic heterocycles. The van der Waals surface area contributed by atoms with Crippen molar-refractivity contribution < 1.29 is 13.2 Å². The van der Waals surface area contributed by atoms with E-state index in [1.807, 2.05) is 0 Å². The molecule has 0 aliphatic rings. The topological polar surface area (TPSA) is 88.8 Å². The van der Waals surface area contributed by atoms with Gasteiger partial charge in [0.15, 0.2) is 11.6 Å². The maximum Gasteiger partial charge on any atom is 0.416 e. The smallest absolute Gasteiger partial charge is 0.393 e. The molecule has 0 radical (unpaired) electrons. The molecule has 0 spiro atoms. The molecule has 2 heterocycles. The maximum atomic E-state index is 12.8. The van der Waals surface area contributed by atoms with Gasteiger partial charge in [0.1, 0.15) is 12.0 Å². The Morgan fingerprint density at radius 3 is 2.24 bits per heavy atom. The summed E-state index contributed by atoms with van der Waals surface area (Å²) in [4.78, 5) is 12.0. The van der Waals surface area contributed by atoms with Gasteiger partial charge in [-0.05, 0) is 30.3 Å². The van der Waals surface area contributed by atoms with Crippen molar-refractivity contribution in [2.45, 2.75) is 6.18 Å². The molecule has 0 amide bonds. The average Bonchev–Trinajstić information content (AvgIpc) is 2.59. The van der Waals surface area contributed by atoms with Crippen molar-refractivity contribution in [2.24, 2.45) is 0 Å². The molecule has 1 aromatic carbocycles. The van der Waals surface area contributed by atoms with E-state index in [9.17, 15) is 13.2 Å². The van der Waals surface area contributed by atoms with Crippen LogP contribution in [0.1, 0.15) is 5.56 Å². The monoisotopic (exact) mass is 346 g/mol. The highest BCUT2D eigenvalue weighted by atomic mass is 19.4. The molecule has 2 aromatic heterocycles. The second-order valence-electron chi connectivity index (χ2n) is 5.05. The molecular weight excluding hydrogens is 333 g/mol. The third-order valence-electron chi connectivity index (χ3n) is 3.26. The van der Waals surface area contributed by atoms with Crippen molar-refractivity contribution in [1.82, 2.24) is 15.0 Å². The van der Waals surface area contributed by atoms with Crippen molar-refractivity contribution >= 4 is 28.7 Å². The summed E-state index contributed by atoms with van der Waals surface area (Å²) in [7, 11) is 0. The van der Waals surface area contributed by atoms with Gasteiger partial charge in [-0.15, -0.1) is 0 Å². The number of nitrogen functional groups attached to an aromatic ring is 1. The molecule has 0 atom stereocenters. The zero-order valence-electron chi connectivity index (χ0n) is 12.7. The standard InChI is InChI=1S/C16H13F3N6/c17-16(18,19)10-3-1-4-11(7-10)24-14-13(20)15(23-9-22-14)25-12-5-2-6-21-8-12/h1-9H,20H2,(H2,22,23,24,25). The Hall–Kier alpha value is -3.36. The van der Waals surface area contributed by atoms with Crippen LogP contribution in [0.3, 0.4) is 0 Å². The van der Waals surface area contributed by atoms with Gasteiger partial charge in [0.2, 0.25) is 0 Å². The van der Waals surface area contributed by atoms with E-state index in [0.29, 0.717) is 11.5 Å². The van der Waals surface area contributed by atoms with E-state index in [-0.39, 0.29) is 17.2 Å². The van der Waals surface area contributed by atoms with Crippen molar-refractivity contribution in [2.75, 3.05) is 16.4 Å². The van der Waals surface area contributed by atoms with Crippen LogP contribution in [-0.4, -0.2) is 15.0 Å². The van der Waals surface area contributed by atoms with Crippen LogP contribution in [0.5, 0.6) is 0 Å². The predicted molar refractivity (Wildman–Crippen MR) is 88.7 cm³/mol. The highest BCUT2D eigenvalue weighted by Crippen LogP contribution is 2.32. The van der Waals surface area contributed by atoms with Crippen molar-refractivity contribution in [3.8, 4) is 0 Å². The van der Waals surface area contributed by atoms with E-state index in [4.69, 9.17) is 5.73 Å². The fourth-order valence-corrected chi connectivity index (χ4v) is 2.08. The zero-order chi connectivity index (χ0) is 17.9. The highest BCUT2D eigenvalue weighted by molar-refractivity contribution is 5.80. The number of anilines is 5. The molecule has 25 heavy (non-hydrogen) atoms. The number of nitrogens with two attached hydrogens (primary N) is 1. The number of halogens is 3. The number of nitrogens with one attached hydrogen (secondary N) is 2. The lowest BCUT2D eigenvalue weighted by molar-refractivity contribution is -0.137. The van der Waals surface area contributed by atoms with E-state index < -0.39 is 11.7 Å². The molecule has 3 rings (SSSR count). The minimum absolute atomic E-state index is 0.170. The lowest BCUT2D eigenvalue weighted by Gasteiger charge is -2.13. The number of nitrogens with zero attached hydrogens (tertiary/aromatic N) is 3. The first-order valence-electron chi connectivity index (χ1n) is 7.15. The Bertz CT molecular complexity index is 867. The van der Waals surface area contributed by atoms with Crippen molar-refractivity contribution in [3.05, 3.63) is 60.7 Å². The Morgan fingerprint density at radius 1 is 0.920 bits per heavy atom. The zero-order valence-corrected chi connectivity index (χ0v) is 12.7. The van der Waals surface area contributed by atoms with Crippen LogP contribution in [-0.2, 0) is 6.18 Å². The quantitative estimate of drug-likeness (QED) is 0.663. The van der Waals surface area contributed by atoms with Crippen LogP contribution in [0.15, 0.2) is 55.1 Å². The Balaban J connectivity index is 1.85. The van der Waals surface area contributed by atoms with Gasteiger partial charge in [0, 0.05) is 11.9 Å². The first-order chi connectivity index (χ1) is 11.9. The minimum atomic E-state index is -4.43. The number of hydrogen-bond donors (Lipinski definition) is 3. The normalized spacial score (nSPS) is 11.2. The van der Waals surface area contributed by atoms with Crippen LogP contribution < -0.4 is 16.4 Å². The van der Waals surface area contributed by atoms with Crippen LogP contribution in [0.25, 0.3) is 0 Å². The number of pyridine rings is 1. The molecular formula is C16H13F3N6. The number of alkyl halides is 3. The molecule has 0 saturated carbocycles. The predicted octanol–water partition coefficient (Wildman–Crippen LogP) is 3.96. The number of hydrogen-bond acceptors (Lipinski definition) is 6. The van der Waals surface area contributed by atoms with Gasteiger partial charge in [-0.1, -0.05) is 6.07 Å². The second kappa shape index (κ2) is 6.63. The van der Waals surface area contributed by atoms with E-state index >= 15 is 0 Å². The third-order valence-corrected chi connectivity index (χ3v) is 3.26. The van der Waals surface area contributed by atoms with E-state index in [1.54, 1.807) is 24.5 Å². The molecule has 0 fully saturated rings. The maximum absolute atomic E-state index is 12.8. The number of benzene rings is 1. The van der Waals surface area contributed by atoms with Gasteiger partial charge in [-0.3, -0.25) is 4.98 Å². The molecule has 3 aromatic rings. The Morgan fingerprint density at radius 2 is 1.60 bits per heavy atom. The summed E-state index contributed by atoms with van der Waals surface area (Å²) in [5, 5.41) is 5.75. The lowest BCUT2D eigenvalue weighted by atomic mass is 10.2. The Labute approximate surface area is 141 Å². The molecule has 0 aliphatic carbocycles. The fourth-order valence-electron chi connectivity index (χ4n) is 2.08. The molecule has 0 unspecified atom stereocenters. The summed E-state index contributed by atoms with van der Waals surface area (Å²) in [5.74, 6) is 0.512. The number of aromatic nitrogens is 3. The van der Waals surface area contributed by atoms with Gasteiger partial charge >= 0.3 is 6.18 Å². The first kappa shape index (κ1) is 16.5. The largest absolute Gasteiger partial charge is 0.416 e. The average molecular weight is 346 g/mol. The summed E-state index contributed by atoms with van der Waals surface area (Å²) in [5.41, 5.74) is 6.30. The summed E-state index contributed by atoms with van der Waals surface area (Å²) in [6.45, 7) is 0. The minimum Gasteiger partial charge on any atom is -0.393 e. The molecule has 0 bridgehead atoms. The van der Waals surface area contributed by atoms with Gasteiger partial charge < -0.3 is 16.4 Å². The summed E-state index contributed by atoms with van der Waals surface area (Å²) in [6.07, 6.45) is 0.0313. The van der Waals surface area contributed by atoms with Crippen LogP contribution >= 0.6 is 0 Å². The summed E-state index contributed by atoms with van der Waals surface area (Å²) in [6, 6.07) is 8.28. The van der Waals surface area contributed by atoms with Crippen molar-refractivity contribution in [3.63, 3.8) is 0 Å². The molecule has 128 valence electrons. The lowest BCUT2D eigenvalue weighted by Crippen LogP contribution is -2.07. The molecule has 9 heteroatoms. The summed E-state index contributed by atoms with van der Waals surface area (Å²) < 4.78 is 38.4. The second-order valence-corrected chi connectivity index (χ2v) is 5.05. The summed E-state index contributed by atoms with van der Waals surface area (Å²) >= 11 is 0. The number of rotatable bonds is 4. The van der Waals surface area contributed by atoms with Crippen LogP contribution in [0.2, 0.25) is 0 Å². The highest BCUT2D eigenvalue weighted by Gasteiger charge is 2.30. The molecule has 4 N–H and O–H groups in total. The van der Waals surface area contributed by atoms with Gasteiger partial charge in [-0.2, -0.15) is 13.2 Å². The van der Waals surface area contributed by atoms with E-state index in [1.165, 1.54) is 18.5 Å². The fraction of sp³-hybridized carbons (Fsp3) is 0.0625. The van der Waals surface area contributed by atoms with E-state index in [2.05, 4.69) is 25.6 Å². The SMILES string of the molecule is Nc1c(Nc2cccnc2)ncnc1Nc1cccc(C(F)(F)F)c1. The first-order valence-corrected chi connectivity index (χ1v) is 7.15. The van der Waals surface area contributed by atoms with Crippen LogP contribution in [0, 0.1) is 0 Å². The van der Waals surface area contributed by atoms with Gasteiger partial charge in [0.25, 0.3) is 0 Å². The third kappa shape index (κ3) is 3.94. The van der Waals surface area contributed by atoms with Crippen LogP contribution in [0.4, 0.5) is 41.9 Å². The molecule has 6 nitrogen and oxygen atoms in total. The van der Waals surface area contributed by atoms with E-state index in [0.717, 1.165) is 12.1 Å². The molecule has 0 saturated heterocycles. The van der Waals surface area contributed by atoms with Crippen molar-refractivity contribution in [1.29, 1.82) is 0 Å².